The van der Waals surface area contributed by atoms with E-state index in [0.717, 1.165) is 42.9 Å². The third-order valence-electron chi connectivity index (χ3n) is 3.87. The summed E-state index contributed by atoms with van der Waals surface area (Å²) in [4.78, 5) is 17.3. The number of hydrazone groups is 1. The van der Waals surface area contributed by atoms with Crippen molar-refractivity contribution in [3.63, 3.8) is 0 Å². The fourth-order valence-electron chi connectivity index (χ4n) is 2.84. The molecular weight excluding hydrogens is 250 g/mol. The lowest BCUT2D eigenvalue weighted by Crippen LogP contribution is -2.32. The van der Waals surface area contributed by atoms with Gasteiger partial charge in [0.15, 0.2) is 0 Å². The minimum atomic E-state index is -0.242. The minimum absolute atomic E-state index is 0.0364. The predicted molar refractivity (Wildman–Crippen MR) is 81.3 cm³/mol. The second-order valence-corrected chi connectivity index (χ2v) is 5.34. The number of benzene rings is 1. The molecule has 1 aromatic carbocycles. The van der Waals surface area contributed by atoms with Gasteiger partial charge in [-0.05, 0) is 38.3 Å². The Labute approximate surface area is 119 Å². The molecule has 0 aliphatic carbocycles. The van der Waals surface area contributed by atoms with Crippen LogP contribution in [0.15, 0.2) is 40.4 Å². The molecule has 20 heavy (non-hydrogen) atoms. The lowest BCUT2D eigenvalue weighted by atomic mass is 9.94. The van der Waals surface area contributed by atoms with Gasteiger partial charge in [-0.25, -0.2) is 0 Å². The Hall–Kier alpha value is -1.97. The normalized spacial score (nSPS) is 23.4. The molecule has 104 valence electrons. The number of rotatable bonds is 2. The van der Waals surface area contributed by atoms with Crippen molar-refractivity contribution in [3.8, 4) is 0 Å². The number of hydrogen-bond acceptors (Lipinski definition) is 3. The molecule has 2 aliphatic rings. The average molecular weight is 269 g/mol. The van der Waals surface area contributed by atoms with Gasteiger partial charge >= 0.3 is 0 Å². The molecule has 0 radical (unpaired) electrons. The lowest BCUT2D eigenvalue weighted by Gasteiger charge is -2.15. The first-order valence-electron chi connectivity index (χ1n) is 7.25. The number of para-hydroxylation sites is 1. The zero-order valence-electron chi connectivity index (χ0n) is 11.7. The van der Waals surface area contributed by atoms with Crippen LogP contribution in [-0.4, -0.2) is 23.9 Å². The Morgan fingerprint density at radius 1 is 1.15 bits per heavy atom. The lowest BCUT2D eigenvalue weighted by molar-refractivity contribution is -0.118. The molecule has 2 heterocycles. The van der Waals surface area contributed by atoms with E-state index >= 15 is 0 Å². The SMILES string of the molecule is CC1=NN(c2ccccc2)C(=O)[C@H]1C1=NCCCCC1. The first kappa shape index (κ1) is 13.0. The maximum absolute atomic E-state index is 12.7. The van der Waals surface area contributed by atoms with Crippen LogP contribution in [0.2, 0.25) is 0 Å². The van der Waals surface area contributed by atoms with Gasteiger partial charge in [0.1, 0.15) is 5.92 Å². The van der Waals surface area contributed by atoms with Crippen LogP contribution in [0.1, 0.15) is 32.6 Å². The molecule has 0 bridgehead atoms. The molecular formula is C16H19N3O. The van der Waals surface area contributed by atoms with E-state index in [2.05, 4.69) is 10.1 Å². The smallest absolute Gasteiger partial charge is 0.261 e. The van der Waals surface area contributed by atoms with E-state index in [-0.39, 0.29) is 11.8 Å². The van der Waals surface area contributed by atoms with Crippen molar-refractivity contribution >= 4 is 23.0 Å². The van der Waals surface area contributed by atoms with Crippen LogP contribution in [0, 0.1) is 5.92 Å². The average Bonchev–Trinajstić information content (AvgIpc) is 2.67. The number of amides is 1. The molecule has 1 atom stereocenters. The molecule has 4 heteroatoms. The van der Waals surface area contributed by atoms with Crippen molar-refractivity contribution in [3.05, 3.63) is 30.3 Å². The molecule has 0 N–H and O–H groups in total. The standard InChI is InChI=1S/C16H19N3O/c1-12-15(14-10-6-3-7-11-17-14)16(20)19(18-12)13-8-4-2-5-9-13/h2,4-5,8-9,15H,3,6-7,10-11H2,1H3/t15-/m1/s1. The van der Waals surface area contributed by atoms with Crippen molar-refractivity contribution in [1.29, 1.82) is 0 Å². The third kappa shape index (κ3) is 2.38. The summed E-state index contributed by atoms with van der Waals surface area (Å²) in [6.45, 7) is 2.77. The molecule has 0 fully saturated rings. The summed E-state index contributed by atoms with van der Waals surface area (Å²) in [5.41, 5.74) is 2.71. The zero-order chi connectivity index (χ0) is 13.9. The third-order valence-corrected chi connectivity index (χ3v) is 3.87. The van der Waals surface area contributed by atoms with Crippen LogP contribution in [0.3, 0.4) is 0 Å². The second kappa shape index (κ2) is 5.57. The summed E-state index contributed by atoms with van der Waals surface area (Å²) >= 11 is 0. The van der Waals surface area contributed by atoms with E-state index in [9.17, 15) is 4.79 Å². The molecule has 2 aliphatic heterocycles. The number of hydrogen-bond donors (Lipinski definition) is 0. The van der Waals surface area contributed by atoms with Crippen LogP contribution in [0.5, 0.6) is 0 Å². The summed E-state index contributed by atoms with van der Waals surface area (Å²) in [6, 6.07) is 9.60. The fraction of sp³-hybridized carbons (Fsp3) is 0.438. The summed E-state index contributed by atoms with van der Waals surface area (Å²) in [7, 11) is 0. The predicted octanol–water partition coefficient (Wildman–Crippen LogP) is 3.04. The Kier molecular flexibility index (Phi) is 3.63. The highest BCUT2D eigenvalue weighted by molar-refractivity contribution is 6.28. The van der Waals surface area contributed by atoms with Crippen molar-refractivity contribution in [2.75, 3.05) is 11.6 Å². The number of carbonyl (C=O) groups excluding carboxylic acids is 1. The summed E-state index contributed by atoms with van der Waals surface area (Å²) in [5.74, 6) is -0.206. The van der Waals surface area contributed by atoms with E-state index in [1.807, 2.05) is 37.3 Å². The highest BCUT2D eigenvalue weighted by atomic mass is 16.2. The van der Waals surface area contributed by atoms with Gasteiger partial charge in [0.25, 0.3) is 5.91 Å². The fourth-order valence-corrected chi connectivity index (χ4v) is 2.84. The molecule has 0 spiro atoms. The number of nitrogens with zero attached hydrogens (tertiary/aromatic N) is 3. The summed E-state index contributed by atoms with van der Waals surface area (Å²) < 4.78 is 0. The number of aliphatic imine (C=N–C) groups is 1. The Morgan fingerprint density at radius 2 is 1.95 bits per heavy atom. The Bertz CT molecular complexity index is 562. The first-order chi connectivity index (χ1) is 9.77. The molecule has 1 amide bonds. The summed E-state index contributed by atoms with van der Waals surface area (Å²) in [6.07, 6.45) is 4.38. The summed E-state index contributed by atoms with van der Waals surface area (Å²) in [5, 5.41) is 5.97. The van der Waals surface area contributed by atoms with Gasteiger partial charge in [-0.3, -0.25) is 9.79 Å². The highest BCUT2D eigenvalue weighted by Gasteiger charge is 2.37. The largest absolute Gasteiger partial charge is 0.293 e. The maximum Gasteiger partial charge on any atom is 0.261 e. The van der Waals surface area contributed by atoms with Gasteiger partial charge in [0.2, 0.25) is 0 Å². The molecule has 0 saturated heterocycles. The first-order valence-corrected chi connectivity index (χ1v) is 7.25. The van der Waals surface area contributed by atoms with Crippen molar-refractivity contribution < 1.29 is 4.79 Å². The molecule has 3 rings (SSSR count). The zero-order valence-corrected chi connectivity index (χ0v) is 11.7. The van der Waals surface area contributed by atoms with Crippen LogP contribution < -0.4 is 5.01 Å². The van der Waals surface area contributed by atoms with Crippen LogP contribution in [0.4, 0.5) is 5.69 Å². The topological polar surface area (TPSA) is 45.0 Å². The maximum atomic E-state index is 12.7. The quantitative estimate of drug-likeness (QED) is 0.814. The Morgan fingerprint density at radius 3 is 2.75 bits per heavy atom. The van der Waals surface area contributed by atoms with Crippen LogP contribution in [-0.2, 0) is 4.79 Å². The van der Waals surface area contributed by atoms with Gasteiger partial charge < -0.3 is 0 Å². The Balaban J connectivity index is 1.87. The molecule has 0 aromatic heterocycles. The monoisotopic (exact) mass is 269 g/mol. The van der Waals surface area contributed by atoms with Crippen molar-refractivity contribution in [1.82, 2.24) is 0 Å². The molecule has 0 saturated carbocycles. The van der Waals surface area contributed by atoms with Crippen molar-refractivity contribution in [2.45, 2.75) is 32.6 Å². The van der Waals surface area contributed by atoms with Gasteiger partial charge in [0.05, 0.1) is 11.4 Å². The van der Waals surface area contributed by atoms with E-state index < -0.39 is 0 Å². The van der Waals surface area contributed by atoms with Crippen LogP contribution in [0.25, 0.3) is 0 Å². The van der Waals surface area contributed by atoms with Gasteiger partial charge in [-0.15, -0.1) is 0 Å². The number of carbonyl (C=O) groups is 1. The minimum Gasteiger partial charge on any atom is -0.293 e. The van der Waals surface area contributed by atoms with Gasteiger partial charge in [-0.2, -0.15) is 10.1 Å². The van der Waals surface area contributed by atoms with Gasteiger partial charge in [-0.1, -0.05) is 24.6 Å². The van der Waals surface area contributed by atoms with Crippen molar-refractivity contribution in [2.24, 2.45) is 16.0 Å². The molecule has 0 unspecified atom stereocenters. The van der Waals surface area contributed by atoms with E-state index in [1.54, 1.807) is 0 Å². The van der Waals surface area contributed by atoms with Crippen LogP contribution >= 0.6 is 0 Å². The van der Waals surface area contributed by atoms with Gasteiger partial charge in [0, 0.05) is 12.3 Å². The highest BCUT2D eigenvalue weighted by Crippen LogP contribution is 2.26. The molecule has 1 aromatic rings. The van der Waals surface area contributed by atoms with E-state index in [0.29, 0.717) is 0 Å². The molecule has 4 nitrogen and oxygen atoms in total. The number of anilines is 1. The van der Waals surface area contributed by atoms with E-state index in [4.69, 9.17) is 0 Å². The van der Waals surface area contributed by atoms with E-state index in [1.165, 1.54) is 11.4 Å². The second-order valence-electron chi connectivity index (χ2n) is 5.34.